The molecule has 0 aliphatic heterocycles. The number of benzene rings is 2. The molecule has 0 aliphatic rings. The number of hydrogen-bond acceptors (Lipinski definition) is 5. The highest BCUT2D eigenvalue weighted by atomic mass is 32.1. The summed E-state index contributed by atoms with van der Waals surface area (Å²) in [7, 11) is 0. The molecule has 2 aromatic heterocycles. The Labute approximate surface area is 150 Å². The van der Waals surface area contributed by atoms with E-state index in [1.54, 1.807) is 11.3 Å². The van der Waals surface area contributed by atoms with Gasteiger partial charge in [-0.3, -0.25) is 0 Å². The molecule has 0 N–H and O–H groups in total. The van der Waals surface area contributed by atoms with Crippen LogP contribution in [0.1, 0.15) is 16.5 Å². The van der Waals surface area contributed by atoms with Gasteiger partial charge in [0.25, 0.3) is 0 Å². The molecule has 0 bridgehead atoms. The SMILES string of the molecule is Cc1nc(-c2cccc(-c3noc(CCc4ccccc4)n3)c2)cs1. The van der Waals surface area contributed by atoms with Gasteiger partial charge in [0.05, 0.1) is 10.7 Å². The second-order valence-corrected chi connectivity index (χ2v) is 6.89. The lowest BCUT2D eigenvalue weighted by atomic mass is 10.1. The molecule has 0 spiro atoms. The van der Waals surface area contributed by atoms with Crippen LogP contribution in [0.5, 0.6) is 0 Å². The Balaban J connectivity index is 1.52. The van der Waals surface area contributed by atoms with E-state index in [2.05, 4.69) is 38.7 Å². The van der Waals surface area contributed by atoms with Crippen LogP contribution in [0, 0.1) is 6.92 Å². The first-order valence-corrected chi connectivity index (χ1v) is 9.05. The van der Waals surface area contributed by atoms with Crippen molar-refractivity contribution < 1.29 is 4.52 Å². The first-order chi connectivity index (χ1) is 12.3. The van der Waals surface area contributed by atoms with Crippen LogP contribution in [0.15, 0.2) is 64.5 Å². The summed E-state index contributed by atoms with van der Waals surface area (Å²) in [4.78, 5) is 9.08. The van der Waals surface area contributed by atoms with Crippen LogP contribution in [0.3, 0.4) is 0 Å². The summed E-state index contributed by atoms with van der Waals surface area (Å²) in [6.07, 6.45) is 1.63. The Hall–Kier alpha value is -2.79. The lowest BCUT2D eigenvalue weighted by Crippen LogP contribution is -1.91. The van der Waals surface area contributed by atoms with Gasteiger partial charge in [0.2, 0.25) is 11.7 Å². The quantitative estimate of drug-likeness (QED) is 0.512. The smallest absolute Gasteiger partial charge is 0.227 e. The van der Waals surface area contributed by atoms with Crippen LogP contribution in [-0.4, -0.2) is 15.1 Å². The number of thiazole rings is 1. The maximum absolute atomic E-state index is 5.42. The lowest BCUT2D eigenvalue weighted by Gasteiger charge is -1.99. The number of aryl methyl sites for hydroxylation is 3. The van der Waals surface area contributed by atoms with Gasteiger partial charge in [-0.2, -0.15) is 4.98 Å². The van der Waals surface area contributed by atoms with Gasteiger partial charge in [-0.05, 0) is 25.0 Å². The summed E-state index contributed by atoms with van der Waals surface area (Å²) in [6, 6.07) is 18.4. The summed E-state index contributed by atoms with van der Waals surface area (Å²) < 4.78 is 5.42. The van der Waals surface area contributed by atoms with E-state index in [9.17, 15) is 0 Å². The van der Waals surface area contributed by atoms with Crippen LogP contribution >= 0.6 is 11.3 Å². The topological polar surface area (TPSA) is 51.8 Å². The molecule has 0 radical (unpaired) electrons. The summed E-state index contributed by atoms with van der Waals surface area (Å²) in [5.41, 5.74) is 4.26. The Bertz CT molecular complexity index is 975. The van der Waals surface area contributed by atoms with Crippen molar-refractivity contribution in [2.75, 3.05) is 0 Å². The lowest BCUT2D eigenvalue weighted by molar-refractivity contribution is 0.379. The highest BCUT2D eigenvalue weighted by molar-refractivity contribution is 7.09. The molecular weight excluding hydrogens is 330 g/mol. The van der Waals surface area contributed by atoms with Crippen LogP contribution < -0.4 is 0 Å². The average Bonchev–Trinajstić information content (AvgIpc) is 3.30. The summed E-state index contributed by atoms with van der Waals surface area (Å²) >= 11 is 1.65. The molecule has 0 fully saturated rings. The van der Waals surface area contributed by atoms with Crippen LogP contribution in [0.2, 0.25) is 0 Å². The molecule has 4 aromatic rings. The van der Waals surface area contributed by atoms with Gasteiger partial charge in [0, 0.05) is 22.9 Å². The molecule has 2 aromatic carbocycles. The van der Waals surface area contributed by atoms with E-state index in [4.69, 9.17) is 4.52 Å². The monoisotopic (exact) mass is 347 g/mol. The standard InChI is InChI=1S/C20H17N3OS/c1-14-21-18(13-25-14)16-8-5-9-17(12-16)20-22-19(24-23-20)11-10-15-6-3-2-4-7-15/h2-9,12-13H,10-11H2,1H3. The third-order valence-corrected chi connectivity index (χ3v) is 4.75. The van der Waals surface area contributed by atoms with Gasteiger partial charge < -0.3 is 4.52 Å². The Morgan fingerprint density at radius 1 is 0.920 bits per heavy atom. The minimum absolute atomic E-state index is 0.622. The largest absolute Gasteiger partial charge is 0.339 e. The summed E-state index contributed by atoms with van der Waals surface area (Å²) in [5, 5.41) is 7.26. The number of rotatable bonds is 5. The van der Waals surface area contributed by atoms with E-state index in [0.29, 0.717) is 11.7 Å². The Morgan fingerprint density at radius 3 is 2.56 bits per heavy atom. The normalized spacial score (nSPS) is 10.9. The van der Waals surface area contributed by atoms with Gasteiger partial charge >= 0.3 is 0 Å². The van der Waals surface area contributed by atoms with E-state index in [1.807, 2.05) is 43.3 Å². The number of aromatic nitrogens is 3. The third-order valence-electron chi connectivity index (χ3n) is 3.97. The Morgan fingerprint density at radius 2 is 1.76 bits per heavy atom. The van der Waals surface area contributed by atoms with Gasteiger partial charge in [-0.15, -0.1) is 11.3 Å². The van der Waals surface area contributed by atoms with E-state index >= 15 is 0 Å². The zero-order valence-corrected chi connectivity index (χ0v) is 14.7. The van der Waals surface area contributed by atoms with E-state index in [-0.39, 0.29) is 0 Å². The third kappa shape index (κ3) is 3.67. The van der Waals surface area contributed by atoms with Crippen molar-refractivity contribution in [3.8, 4) is 22.6 Å². The van der Waals surface area contributed by atoms with E-state index in [1.165, 1.54) is 5.56 Å². The maximum Gasteiger partial charge on any atom is 0.227 e. The predicted octanol–water partition coefficient (Wildman–Crippen LogP) is 4.95. The van der Waals surface area contributed by atoms with Crippen LogP contribution in [0.4, 0.5) is 0 Å². The van der Waals surface area contributed by atoms with Crippen molar-refractivity contribution in [3.63, 3.8) is 0 Å². The van der Waals surface area contributed by atoms with Crippen molar-refractivity contribution >= 4 is 11.3 Å². The fourth-order valence-electron chi connectivity index (χ4n) is 2.68. The molecule has 5 heteroatoms. The summed E-state index contributed by atoms with van der Waals surface area (Å²) in [6.45, 7) is 2.01. The first kappa shape index (κ1) is 15.7. The first-order valence-electron chi connectivity index (χ1n) is 8.17. The molecule has 2 heterocycles. The minimum atomic E-state index is 0.622. The predicted molar refractivity (Wildman–Crippen MR) is 99.4 cm³/mol. The van der Waals surface area contributed by atoms with Crippen molar-refractivity contribution in [3.05, 3.63) is 76.4 Å². The minimum Gasteiger partial charge on any atom is -0.339 e. The van der Waals surface area contributed by atoms with Gasteiger partial charge in [0.15, 0.2) is 0 Å². The molecule has 0 aliphatic carbocycles. The fraction of sp³-hybridized carbons (Fsp3) is 0.150. The van der Waals surface area contributed by atoms with Crippen LogP contribution in [-0.2, 0) is 12.8 Å². The molecule has 0 unspecified atom stereocenters. The van der Waals surface area contributed by atoms with Crippen molar-refractivity contribution in [1.29, 1.82) is 0 Å². The van der Waals surface area contributed by atoms with Gasteiger partial charge in [-0.1, -0.05) is 53.7 Å². The van der Waals surface area contributed by atoms with Crippen molar-refractivity contribution in [2.45, 2.75) is 19.8 Å². The molecule has 0 saturated carbocycles. The zero-order valence-electron chi connectivity index (χ0n) is 13.8. The van der Waals surface area contributed by atoms with Crippen molar-refractivity contribution in [2.24, 2.45) is 0 Å². The molecule has 0 saturated heterocycles. The van der Waals surface area contributed by atoms with E-state index in [0.717, 1.165) is 34.7 Å². The molecule has 0 amide bonds. The maximum atomic E-state index is 5.42. The van der Waals surface area contributed by atoms with Crippen LogP contribution in [0.25, 0.3) is 22.6 Å². The number of hydrogen-bond donors (Lipinski definition) is 0. The van der Waals surface area contributed by atoms with Gasteiger partial charge in [-0.25, -0.2) is 4.98 Å². The molecular formula is C20H17N3OS. The Kier molecular flexibility index (Phi) is 4.39. The second kappa shape index (κ2) is 6.99. The zero-order chi connectivity index (χ0) is 17.1. The van der Waals surface area contributed by atoms with Crippen molar-refractivity contribution in [1.82, 2.24) is 15.1 Å². The summed E-state index contributed by atoms with van der Waals surface area (Å²) in [5.74, 6) is 1.28. The second-order valence-electron chi connectivity index (χ2n) is 5.83. The molecule has 124 valence electrons. The van der Waals surface area contributed by atoms with Gasteiger partial charge in [0.1, 0.15) is 0 Å². The fourth-order valence-corrected chi connectivity index (χ4v) is 3.31. The molecule has 0 atom stereocenters. The molecule has 4 nitrogen and oxygen atoms in total. The highest BCUT2D eigenvalue weighted by Crippen LogP contribution is 2.26. The highest BCUT2D eigenvalue weighted by Gasteiger charge is 2.10. The number of nitrogens with zero attached hydrogens (tertiary/aromatic N) is 3. The molecule has 4 rings (SSSR count). The average molecular weight is 347 g/mol. The van der Waals surface area contributed by atoms with E-state index < -0.39 is 0 Å². The molecule has 25 heavy (non-hydrogen) atoms.